The average Bonchev–Trinajstić information content (AvgIpc) is 2.83. The Balaban J connectivity index is 0.00000289. The molecule has 0 atom stereocenters. The van der Waals surface area contributed by atoms with Gasteiger partial charge in [0.05, 0.1) is 6.16 Å². The summed E-state index contributed by atoms with van der Waals surface area (Å²) in [4.78, 5) is 0. The van der Waals surface area contributed by atoms with Crippen LogP contribution >= 0.6 is 7.26 Å². The van der Waals surface area contributed by atoms with Crippen LogP contribution in [-0.2, 0) is 6.16 Å². The van der Waals surface area contributed by atoms with Crippen molar-refractivity contribution in [1.82, 2.24) is 0 Å². The summed E-state index contributed by atoms with van der Waals surface area (Å²) in [5.74, 6) is 0. The van der Waals surface area contributed by atoms with Crippen molar-refractivity contribution in [3.8, 4) is 0 Å². The molecule has 0 radical (unpaired) electrons. The second-order valence-electron chi connectivity index (χ2n) is 8.58. The normalized spacial score (nSPS) is 11.2. The van der Waals surface area contributed by atoms with Gasteiger partial charge in [0.1, 0.15) is 23.2 Å². The zero-order valence-electron chi connectivity index (χ0n) is 19.7. The molecule has 0 amide bonds. The fourth-order valence-electron chi connectivity index (χ4n) is 4.82. The van der Waals surface area contributed by atoms with Gasteiger partial charge in [-0.15, -0.1) is 0 Å². The molecular formula is C30H32ClP. The maximum atomic E-state index is 2.34. The molecular weight excluding hydrogens is 427 g/mol. The van der Waals surface area contributed by atoms with Gasteiger partial charge in [-0.3, -0.25) is 0 Å². The molecule has 0 nitrogen and oxygen atoms in total. The van der Waals surface area contributed by atoms with Gasteiger partial charge in [0.25, 0.3) is 0 Å². The van der Waals surface area contributed by atoms with Crippen LogP contribution in [0.25, 0.3) is 0 Å². The highest BCUT2D eigenvalue weighted by molar-refractivity contribution is 7.95. The van der Waals surface area contributed by atoms with E-state index < -0.39 is 7.26 Å². The molecule has 0 fully saturated rings. The molecule has 0 bridgehead atoms. The smallest absolute Gasteiger partial charge is 0.116 e. The van der Waals surface area contributed by atoms with Crippen molar-refractivity contribution >= 4 is 23.2 Å². The number of rotatable bonds is 5. The van der Waals surface area contributed by atoms with Gasteiger partial charge < -0.3 is 12.4 Å². The van der Waals surface area contributed by atoms with Gasteiger partial charge >= 0.3 is 0 Å². The molecule has 0 unspecified atom stereocenters. The number of hydrogen-bond donors (Lipinski definition) is 0. The Morgan fingerprint density at radius 2 is 0.719 bits per heavy atom. The third-order valence-corrected chi connectivity index (χ3v) is 11.5. The van der Waals surface area contributed by atoms with Crippen LogP contribution in [0.1, 0.15) is 33.4 Å². The molecule has 0 aliphatic heterocycles. The van der Waals surface area contributed by atoms with Gasteiger partial charge in [-0.1, -0.05) is 54.6 Å². The van der Waals surface area contributed by atoms with Crippen molar-refractivity contribution < 1.29 is 12.4 Å². The van der Waals surface area contributed by atoms with E-state index in [-0.39, 0.29) is 12.4 Å². The van der Waals surface area contributed by atoms with Crippen molar-refractivity contribution in [2.24, 2.45) is 0 Å². The predicted octanol–water partition coefficient (Wildman–Crippen LogP) is 3.73. The minimum absolute atomic E-state index is 0. The number of benzene rings is 4. The van der Waals surface area contributed by atoms with Gasteiger partial charge in [-0.2, -0.15) is 0 Å². The Morgan fingerprint density at radius 1 is 0.438 bits per heavy atom. The van der Waals surface area contributed by atoms with E-state index in [2.05, 4.69) is 126 Å². The van der Waals surface area contributed by atoms with Crippen LogP contribution in [0.15, 0.2) is 91.0 Å². The second kappa shape index (κ2) is 10.0. The third-order valence-electron chi connectivity index (χ3n) is 7.14. The second-order valence-corrected chi connectivity index (χ2v) is 12.1. The quantitative estimate of drug-likeness (QED) is 0.400. The highest BCUT2D eigenvalue weighted by Crippen LogP contribution is 2.59. The lowest BCUT2D eigenvalue weighted by Gasteiger charge is -2.30. The van der Waals surface area contributed by atoms with Crippen LogP contribution in [0, 0.1) is 34.6 Å². The zero-order valence-corrected chi connectivity index (χ0v) is 21.3. The molecule has 164 valence electrons. The summed E-state index contributed by atoms with van der Waals surface area (Å²) in [7, 11) is -1.88. The summed E-state index contributed by atoms with van der Waals surface area (Å²) >= 11 is 0. The van der Waals surface area contributed by atoms with E-state index in [0.29, 0.717) is 0 Å². The molecule has 0 heterocycles. The van der Waals surface area contributed by atoms with Crippen molar-refractivity contribution in [3.05, 3.63) is 124 Å². The molecule has 0 saturated carbocycles. The van der Waals surface area contributed by atoms with E-state index in [1.54, 1.807) is 0 Å². The van der Waals surface area contributed by atoms with E-state index in [0.717, 1.165) is 6.16 Å². The van der Waals surface area contributed by atoms with Gasteiger partial charge in [0, 0.05) is 0 Å². The SMILES string of the molecule is Cc1c(C)c(C)c(C[P+](c2ccccc2)(c2ccccc2)c2ccccc2)c(C)c1C.[Cl-]. The Bertz CT molecular complexity index is 1060. The van der Waals surface area contributed by atoms with E-state index in [9.17, 15) is 0 Å². The monoisotopic (exact) mass is 458 g/mol. The topological polar surface area (TPSA) is 0 Å². The van der Waals surface area contributed by atoms with Gasteiger partial charge in [0.2, 0.25) is 0 Å². The highest BCUT2D eigenvalue weighted by Gasteiger charge is 2.46. The summed E-state index contributed by atoms with van der Waals surface area (Å²) in [6.07, 6.45) is 1.05. The van der Waals surface area contributed by atoms with E-state index >= 15 is 0 Å². The van der Waals surface area contributed by atoms with Crippen molar-refractivity contribution in [1.29, 1.82) is 0 Å². The van der Waals surface area contributed by atoms with Crippen molar-refractivity contribution in [3.63, 3.8) is 0 Å². The van der Waals surface area contributed by atoms with E-state index in [1.807, 2.05) is 0 Å². The first kappa shape index (κ1) is 24.2. The molecule has 4 aromatic carbocycles. The van der Waals surface area contributed by atoms with Crippen LogP contribution in [0.4, 0.5) is 0 Å². The molecule has 0 N–H and O–H groups in total. The van der Waals surface area contributed by atoms with E-state index in [4.69, 9.17) is 0 Å². The lowest BCUT2D eigenvalue weighted by molar-refractivity contribution is -0.00000639. The molecule has 2 heteroatoms. The predicted molar refractivity (Wildman–Crippen MR) is 139 cm³/mol. The van der Waals surface area contributed by atoms with E-state index in [1.165, 1.54) is 49.3 Å². The lowest BCUT2D eigenvalue weighted by Crippen LogP contribution is -3.00. The van der Waals surface area contributed by atoms with Crippen molar-refractivity contribution in [2.45, 2.75) is 40.8 Å². The standard InChI is InChI=1S/C30H32P.ClH/c1-22-23(2)25(4)30(26(5)24(22)3)21-31(27-15-9-6-10-16-27,28-17-11-7-12-18-28)29-19-13-8-14-20-29;/h6-20H,21H2,1-5H3;1H/q+1;/p-1. The van der Waals surface area contributed by atoms with Crippen LogP contribution in [0.5, 0.6) is 0 Å². The molecule has 0 aromatic heterocycles. The zero-order chi connectivity index (χ0) is 22.0. The first-order valence-corrected chi connectivity index (χ1v) is 13.0. The summed E-state index contributed by atoms with van der Waals surface area (Å²) < 4.78 is 0. The minimum Gasteiger partial charge on any atom is -1.00 e. The first-order chi connectivity index (χ1) is 15.0. The Kier molecular flexibility index (Phi) is 7.60. The third kappa shape index (κ3) is 4.15. The molecule has 0 aliphatic rings. The van der Waals surface area contributed by atoms with Crippen LogP contribution in [0.2, 0.25) is 0 Å². The molecule has 0 saturated heterocycles. The van der Waals surface area contributed by atoms with Crippen LogP contribution < -0.4 is 28.3 Å². The number of hydrogen-bond acceptors (Lipinski definition) is 0. The summed E-state index contributed by atoms with van der Waals surface area (Å²) in [6.45, 7) is 11.5. The van der Waals surface area contributed by atoms with Crippen LogP contribution in [-0.4, -0.2) is 0 Å². The fourth-order valence-corrected chi connectivity index (χ4v) is 9.25. The molecule has 0 spiro atoms. The Hall–Kier alpha value is -2.40. The molecule has 0 aliphatic carbocycles. The molecule has 4 rings (SSSR count). The summed E-state index contributed by atoms with van der Waals surface area (Å²) in [6, 6.07) is 33.6. The van der Waals surface area contributed by atoms with Gasteiger partial charge in [-0.05, 0) is 104 Å². The van der Waals surface area contributed by atoms with Crippen LogP contribution in [0.3, 0.4) is 0 Å². The minimum atomic E-state index is -1.88. The summed E-state index contributed by atoms with van der Waals surface area (Å²) in [5.41, 5.74) is 8.73. The molecule has 4 aromatic rings. The largest absolute Gasteiger partial charge is 1.00 e. The van der Waals surface area contributed by atoms with Crippen molar-refractivity contribution in [2.75, 3.05) is 0 Å². The highest BCUT2D eigenvalue weighted by atomic mass is 35.5. The first-order valence-electron chi connectivity index (χ1n) is 11.1. The molecule has 32 heavy (non-hydrogen) atoms. The average molecular weight is 459 g/mol. The maximum absolute atomic E-state index is 2.34. The Labute approximate surface area is 200 Å². The number of halogens is 1. The van der Waals surface area contributed by atoms with Gasteiger partial charge in [0.15, 0.2) is 0 Å². The Morgan fingerprint density at radius 3 is 1.03 bits per heavy atom. The lowest BCUT2D eigenvalue weighted by atomic mass is 9.90. The maximum Gasteiger partial charge on any atom is 0.116 e. The fraction of sp³-hybridized carbons (Fsp3) is 0.200. The van der Waals surface area contributed by atoms with Gasteiger partial charge in [-0.25, -0.2) is 0 Å². The summed E-state index contributed by atoms with van der Waals surface area (Å²) in [5, 5.41) is 4.34.